The molecule has 0 unspecified atom stereocenters. The van der Waals surface area contributed by atoms with Crippen molar-refractivity contribution in [2.45, 2.75) is 20.3 Å². The quantitative estimate of drug-likeness (QED) is 0.912. The number of aromatic nitrogens is 1. The Hall–Kier alpha value is -2.56. The Morgan fingerprint density at radius 1 is 1.24 bits per heavy atom. The standard InChI is InChI=1S/C16H17NO4/c1-4-12-8-11(16(18)19)9-15(17-12)21-13-6-5-10(2)7-14(13)20-3/h5-9H,4H2,1-3H3,(H,18,19). The molecule has 0 saturated heterocycles. The van der Waals surface area contributed by atoms with Gasteiger partial charge in [-0.1, -0.05) is 13.0 Å². The van der Waals surface area contributed by atoms with Crippen LogP contribution in [-0.4, -0.2) is 23.2 Å². The topological polar surface area (TPSA) is 68.7 Å². The largest absolute Gasteiger partial charge is 0.493 e. The van der Waals surface area contributed by atoms with Crippen molar-refractivity contribution in [2.24, 2.45) is 0 Å². The number of hydrogen-bond donors (Lipinski definition) is 1. The van der Waals surface area contributed by atoms with Gasteiger partial charge in [0.15, 0.2) is 11.5 Å². The van der Waals surface area contributed by atoms with Gasteiger partial charge in [-0.05, 0) is 37.1 Å². The van der Waals surface area contributed by atoms with E-state index in [1.165, 1.54) is 6.07 Å². The molecule has 0 saturated carbocycles. The van der Waals surface area contributed by atoms with E-state index in [0.29, 0.717) is 23.6 Å². The molecule has 0 spiro atoms. The second kappa shape index (κ2) is 6.26. The van der Waals surface area contributed by atoms with Gasteiger partial charge in [0.1, 0.15) is 0 Å². The predicted molar refractivity (Wildman–Crippen MR) is 78.4 cm³/mol. The van der Waals surface area contributed by atoms with E-state index in [1.807, 2.05) is 26.0 Å². The third-order valence-corrected chi connectivity index (χ3v) is 3.00. The fourth-order valence-corrected chi connectivity index (χ4v) is 1.89. The second-order valence-electron chi connectivity index (χ2n) is 4.60. The molecule has 1 N–H and O–H groups in total. The Bertz CT molecular complexity index is 667. The normalized spacial score (nSPS) is 10.2. The lowest BCUT2D eigenvalue weighted by Gasteiger charge is -2.11. The maximum atomic E-state index is 11.1. The minimum absolute atomic E-state index is 0.155. The molecule has 110 valence electrons. The molecule has 0 bridgehead atoms. The summed E-state index contributed by atoms with van der Waals surface area (Å²) < 4.78 is 11.0. The highest BCUT2D eigenvalue weighted by Gasteiger charge is 2.11. The number of hydrogen-bond acceptors (Lipinski definition) is 4. The Morgan fingerprint density at radius 3 is 2.62 bits per heavy atom. The second-order valence-corrected chi connectivity index (χ2v) is 4.60. The Balaban J connectivity index is 2.39. The molecule has 5 nitrogen and oxygen atoms in total. The van der Waals surface area contributed by atoms with Crippen LogP contribution in [0.15, 0.2) is 30.3 Å². The van der Waals surface area contributed by atoms with Gasteiger partial charge in [0.2, 0.25) is 5.88 Å². The summed E-state index contributed by atoms with van der Waals surface area (Å²) in [6.45, 7) is 3.86. The van der Waals surface area contributed by atoms with Crippen molar-refractivity contribution in [1.82, 2.24) is 4.98 Å². The Morgan fingerprint density at radius 2 is 2.00 bits per heavy atom. The highest BCUT2D eigenvalue weighted by atomic mass is 16.5. The molecule has 0 fully saturated rings. The van der Waals surface area contributed by atoms with E-state index in [1.54, 1.807) is 19.2 Å². The van der Waals surface area contributed by atoms with Gasteiger partial charge in [-0.3, -0.25) is 0 Å². The number of rotatable bonds is 5. The third kappa shape index (κ3) is 3.51. The Kier molecular flexibility index (Phi) is 4.42. The first kappa shape index (κ1) is 14.8. The highest BCUT2D eigenvalue weighted by Crippen LogP contribution is 2.31. The number of benzene rings is 1. The Labute approximate surface area is 123 Å². The van der Waals surface area contributed by atoms with Gasteiger partial charge in [0, 0.05) is 11.8 Å². The van der Waals surface area contributed by atoms with E-state index in [0.717, 1.165) is 5.56 Å². The van der Waals surface area contributed by atoms with E-state index in [9.17, 15) is 4.79 Å². The fourth-order valence-electron chi connectivity index (χ4n) is 1.89. The molecule has 5 heteroatoms. The van der Waals surface area contributed by atoms with Crippen LogP contribution in [0, 0.1) is 6.92 Å². The summed E-state index contributed by atoms with van der Waals surface area (Å²) in [7, 11) is 1.56. The van der Waals surface area contributed by atoms with Crippen LogP contribution in [0.3, 0.4) is 0 Å². The molecule has 1 heterocycles. The third-order valence-electron chi connectivity index (χ3n) is 3.00. The molecular weight excluding hydrogens is 270 g/mol. The summed E-state index contributed by atoms with van der Waals surface area (Å²) in [5.74, 6) is 0.317. The summed E-state index contributed by atoms with van der Waals surface area (Å²) in [6.07, 6.45) is 0.627. The average Bonchev–Trinajstić information content (AvgIpc) is 2.48. The smallest absolute Gasteiger partial charge is 0.335 e. The van der Waals surface area contributed by atoms with Gasteiger partial charge in [-0.2, -0.15) is 0 Å². The van der Waals surface area contributed by atoms with Crippen molar-refractivity contribution in [3.05, 3.63) is 47.2 Å². The summed E-state index contributed by atoms with van der Waals surface area (Å²) in [6, 6.07) is 8.45. The molecule has 0 amide bonds. The van der Waals surface area contributed by atoms with E-state index < -0.39 is 5.97 Å². The number of aromatic carboxylic acids is 1. The van der Waals surface area contributed by atoms with Crippen LogP contribution >= 0.6 is 0 Å². The molecule has 21 heavy (non-hydrogen) atoms. The lowest BCUT2D eigenvalue weighted by molar-refractivity contribution is 0.0696. The van der Waals surface area contributed by atoms with Gasteiger partial charge in [0.25, 0.3) is 0 Å². The van der Waals surface area contributed by atoms with Gasteiger partial charge in [-0.15, -0.1) is 0 Å². The maximum absolute atomic E-state index is 11.1. The summed E-state index contributed by atoms with van der Waals surface area (Å²) in [4.78, 5) is 15.4. The summed E-state index contributed by atoms with van der Waals surface area (Å²) in [5, 5.41) is 9.12. The minimum Gasteiger partial charge on any atom is -0.493 e. The van der Waals surface area contributed by atoms with Crippen molar-refractivity contribution in [3.8, 4) is 17.4 Å². The van der Waals surface area contributed by atoms with Crippen molar-refractivity contribution >= 4 is 5.97 Å². The number of carbonyl (C=O) groups is 1. The number of aryl methyl sites for hydroxylation is 2. The first-order valence-electron chi connectivity index (χ1n) is 6.60. The number of methoxy groups -OCH3 is 1. The van der Waals surface area contributed by atoms with Gasteiger partial charge in [-0.25, -0.2) is 9.78 Å². The van der Waals surface area contributed by atoms with Crippen LogP contribution in [0.1, 0.15) is 28.5 Å². The zero-order chi connectivity index (χ0) is 15.4. The van der Waals surface area contributed by atoms with Gasteiger partial charge < -0.3 is 14.6 Å². The lowest BCUT2D eigenvalue weighted by atomic mass is 10.2. The van der Waals surface area contributed by atoms with Crippen LogP contribution in [0.2, 0.25) is 0 Å². The molecule has 0 aliphatic carbocycles. The molecule has 1 aromatic carbocycles. The molecule has 0 aliphatic heterocycles. The first-order chi connectivity index (χ1) is 10.0. The first-order valence-corrected chi connectivity index (χ1v) is 6.60. The van der Waals surface area contributed by atoms with Crippen molar-refractivity contribution in [1.29, 1.82) is 0 Å². The zero-order valence-electron chi connectivity index (χ0n) is 12.2. The van der Waals surface area contributed by atoms with Gasteiger partial charge >= 0.3 is 5.97 Å². The molecule has 0 aliphatic rings. The van der Waals surface area contributed by atoms with Crippen molar-refractivity contribution < 1.29 is 19.4 Å². The number of ether oxygens (including phenoxy) is 2. The van der Waals surface area contributed by atoms with Gasteiger partial charge in [0.05, 0.1) is 12.7 Å². The monoisotopic (exact) mass is 287 g/mol. The van der Waals surface area contributed by atoms with E-state index in [-0.39, 0.29) is 11.4 Å². The van der Waals surface area contributed by atoms with Crippen molar-refractivity contribution in [3.63, 3.8) is 0 Å². The fraction of sp³-hybridized carbons (Fsp3) is 0.250. The van der Waals surface area contributed by atoms with E-state index in [4.69, 9.17) is 14.6 Å². The van der Waals surface area contributed by atoms with E-state index in [2.05, 4.69) is 4.98 Å². The zero-order valence-corrected chi connectivity index (χ0v) is 12.2. The SMILES string of the molecule is CCc1cc(C(=O)O)cc(Oc2ccc(C)cc2OC)n1. The van der Waals surface area contributed by atoms with Crippen LogP contribution in [0.5, 0.6) is 17.4 Å². The van der Waals surface area contributed by atoms with Crippen LogP contribution in [0.25, 0.3) is 0 Å². The number of carboxylic acid groups (broad SMARTS) is 1. The molecule has 0 radical (unpaired) electrons. The molecule has 1 aromatic heterocycles. The number of nitrogens with zero attached hydrogens (tertiary/aromatic N) is 1. The molecule has 2 rings (SSSR count). The number of carboxylic acids is 1. The highest BCUT2D eigenvalue weighted by molar-refractivity contribution is 5.88. The maximum Gasteiger partial charge on any atom is 0.335 e. The molecule has 0 atom stereocenters. The average molecular weight is 287 g/mol. The van der Waals surface area contributed by atoms with Crippen LogP contribution in [-0.2, 0) is 6.42 Å². The molecule has 2 aromatic rings. The van der Waals surface area contributed by atoms with E-state index >= 15 is 0 Å². The summed E-state index contributed by atoms with van der Waals surface area (Å²) in [5.41, 5.74) is 1.86. The van der Waals surface area contributed by atoms with Crippen LogP contribution < -0.4 is 9.47 Å². The predicted octanol–water partition coefficient (Wildman–Crippen LogP) is 3.45. The van der Waals surface area contributed by atoms with Crippen molar-refractivity contribution in [2.75, 3.05) is 7.11 Å². The lowest BCUT2D eigenvalue weighted by Crippen LogP contribution is -2.02. The summed E-state index contributed by atoms with van der Waals surface area (Å²) >= 11 is 0. The molecular formula is C16H17NO4. The number of pyridine rings is 1. The minimum atomic E-state index is -1.01. The van der Waals surface area contributed by atoms with Crippen LogP contribution in [0.4, 0.5) is 0 Å².